The lowest BCUT2D eigenvalue weighted by Crippen LogP contribution is -2.25. The number of thioether (sulfide) groups is 1. The standard InChI is InChI=1S/C33H28N2O6S/c36-30(37)20-41-28-14-12-24(13-15-28)23-8-10-26(11-9-23)31(38)34-17-16-21-2-1-3-27(18-21)25-6-4-22(5-7-25)19-29-32(39)35-33(40)42-29/h1-15,18,29H,16-17,19-20H2,(H,34,38)(H,36,37)(H,35,39,40). The maximum atomic E-state index is 12.7. The Hall–Kier alpha value is -4.89. The van der Waals surface area contributed by atoms with Crippen LogP contribution in [0.4, 0.5) is 4.79 Å². The first-order valence-electron chi connectivity index (χ1n) is 13.4. The van der Waals surface area contributed by atoms with E-state index in [4.69, 9.17) is 9.84 Å². The van der Waals surface area contributed by atoms with E-state index in [9.17, 15) is 19.2 Å². The molecule has 8 nitrogen and oxygen atoms in total. The fourth-order valence-corrected chi connectivity index (χ4v) is 5.47. The van der Waals surface area contributed by atoms with E-state index < -0.39 is 12.6 Å². The number of imide groups is 1. The van der Waals surface area contributed by atoms with Crippen molar-refractivity contribution in [2.75, 3.05) is 13.2 Å². The van der Waals surface area contributed by atoms with Gasteiger partial charge in [-0.1, -0.05) is 84.6 Å². The highest BCUT2D eigenvalue weighted by molar-refractivity contribution is 8.15. The van der Waals surface area contributed by atoms with E-state index in [0.29, 0.717) is 30.7 Å². The lowest BCUT2D eigenvalue weighted by Gasteiger charge is -2.10. The Morgan fingerprint density at radius 2 is 1.45 bits per heavy atom. The van der Waals surface area contributed by atoms with E-state index in [1.807, 2.05) is 66.7 Å². The smallest absolute Gasteiger partial charge is 0.341 e. The molecule has 4 aromatic carbocycles. The third-order valence-corrected chi connectivity index (χ3v) is 7.78. The number of carboxylic acids is 1. The zero-order valence-electron chi connectivity index (χ0n) is 22.5. The molecule has 1 aliphatic heterocycles. The Morgan fingerprint density at radius 3 is 2.10 bits per heavy atom. The molecular formula is C33H28N2O6S. The van der Waals surface area contributed by atoms with E-state index in [1.165, 1.54) is 0 Å². The molecule has 4 aromatic rings. The maximum Gasteiger partial charge on any atom is 0.341 e. The highest BCUT2D eigenvalue weighted by atomic mass is 32.2. The molecular weight excluding hydrogens is 552 g/mol. The first-order chi connectivity index (χ1) is 20.3. The molecule has 9 heteroatoms. The fraction of sp³-hybridized carbons (Fsp3) is 0.152. The van der Waals surface area contributed by atoms with E-state index in [1.54, 1.807) is 24.3 Å². The SMILES string of the molecule is O=C(O)COc1ccc(-c2ccc(C(=O)NCCc3cccc(-c4ccc(CC5SC(=O)NC5=O)cc4)c3)cc2)cc1. The van der Waals surface area contributed by atoms with E-state index in [2.05, 4.69) is 16.7 Å². The van der Waals surface area contributed by atoms with Gasteiger partial charge in [0, 0.05) is 12.1 Å². The fourth-order valence-electron chi connectivity index (χ4n) is 4.61. The van der Waals surface area contributed by atoms with E-state index in [-0.39, 0.29) is 22.3 Å². The van der Waals surface area contributed by atoms with Crippen LogP contribution in [0.15, 0.2) is 97.1 Å². The molecule has 1 saturated heterocycles. The van der Waals surface area contributed by atoms with Crippen LogP contribution in [-0.4, -0.2) is 46.5 Å². The van der Waals surface area contributed by atoms with Gasteiger partial charge in [-0.3, -0.25) is 19.7 Å². The number of amides is 3. The number of ether oxygens (including phenoxy) is 1. The van der Waals surface area contributed by atoms with Gasteiger partial charge in [-0.25, -0.2) is 4.79 Å². The van der Waals surface area contributed by atoms with Gasteiger partial charge in [-0.2, -0.15) is 0 Å². The van der Waals surface area contributed by atoms with Crippen molar-refractivity contribution in [1.82, 2.24) is 10.6 Å². The van der Waals surface area contributed by atoms with Crippen LogP contribution in [0.2, 0.25) is 0 Å². The minimum absolute atomic E-state index is 0.151. The van der Waals surface area contributed by atoms with Gasteiger partial charge in [0.15, 0.2) is 6.61 Å². The summed E-state index contributed by atoms with van der Waals surface area (Å²) in [6.07, 6.45) is 1.18. The van der Waals surface area contributed by atoms with Crippen molar-refractivity contribution < 1.29 is 29.0 Å². The van der Waals surface area contributed by atoms with Gasteiger partial charge in [-0.15, -0.1) is 0 Å². The summed E-state index contributed by atoms with van der Waals surface area (Å²) in [6, 6.07) is 30.6. The van der Waals surface area contributed by atoms with Gasteiger partial charge in [-0.05, 0) is 70.5 Å². The van der Waals surface area contributed by atoms with E-state index in [0.717, 1.165) is 45.1 Å². The number of hydrogen-bond donors (Lipinski definition) is 3. The Balaban J connectivity index is 1.12. The molecule has 1 aliphatic rings. The molecule has 0 radical (unpaired) electrons. The third kappa shape index (κ3) is 7.44. The molecule has 1 atom stereocenters. The number of carboxylic acid groups (broad SMARTS) is 1. The van der Waals surface area contributed by atoms with Crippen LogP contribution >= 0.6 is 11.8 Å². The molecule has 0 bridgehead atoms. The summed E-state index contributed by atoms with van der Waals surface area (Å²) < 4.78 is 5.16. The van der Waals surface area contributed by atoms with Crippen molar-refractivity contribution >= 4 is 34.8 Å². The average molecular weight is 581 g/mol. The van der Waals surface area contributed by atoms with Gasteiger partial charge in [0.2, 0.25) is 5.91 Å². The molecule has 0 aromatic heterocycles. The second-order valence-electron chi connectivity index (χ2n) is 9.77. The Kier molecular flexibility index (Phi) is 8.99. The molecule has 212 valence electrons. The summed E-state index contributed by atoms with van der Waals surface area (Å²) in [6.45, 7) is 0.0947. The maximum absolute atomic E-state index is 12.7. The zero-order chi connectivity index (χ0) is 29.5. The Labute approximate surface area is 247 Å². The minimum Gasteiger partial charge on any atom is -0.482 e. The van der Waals surface area contributed by atoms with Crippen molar-refractivity contribution in [3.05, 3.63) is 114 Å². The number of carbonyl (C=O) groups is 4. The summed E-state index contributed by atoms with van der Waals surface area (Å²) in [5.74, 6) is -0.940. The van der Waals surface area contributed by atoms with Crippen LogP contribution in [0, 0.1) is 0 Å². The molecule has 0 spiro atoms. The molecule has 1 unspecified atom stereocenters. The monoisotopic (exact) mass is 580 g/mol. The topological polar surface area (TPSA) is 122 Å². The first kappa shape index (κ1) is 28.6. The highest BCUT2D eigenvalue weighted by Crippen LogP contribution is 2.26. The molecule has 0 saturated carbocycles. The average Bonchev–Trinajstić information content (AvgIpc) is 3.32. The molecule has 42 heavy (non-hydrogen) atoms. The van der Waals surface area contributed by atoms with Crippen LogP contribution < -0.4 is 15.4 Å². The predicted molar refractivity (Wildman–Crippen MR) is 162 cm³/mol. The molecule has 3 amide bonds. The van der Waals surface area contributed by atoms with Gasteiger partial charge in [0.1, 0.15) is 5.75 Å². The minimum atomic E-state index is -1.03. The van der Waals surface area contributed by atoms with Crippen LogP contribution in [-0.2, 0) is 22.4 Å². The summed E-state index contributed by atoms with van der Waals surface area (Å²) in [5, 5.41) is 13.4. The van der Waals surface area contributed by atoms with Crippen LogP contribution in [0.1, 0.15) is 21.5 Å². The van der Waals surface area contributed by atoms with Crippen molar-refractivity contribution in [1.29, 1.82) is 0 Å². The number of benzene rings is 4. The Morgan fingerprint density at radius 1 is 0.810 bits per heavy atom. The number of carbonyl (C=O) groups excluding carboxylic acids is 3. The highest BCUT2D eigenvalue weighted by Gasteiger charge is 2.31. The summed E-state index contributed by atoms with van der Waals surface area (Å²) in [7, 11) is 0. The van der Waals surface area contributed by atoms with Crippen molar-refractivity contribution in [2.45, 2.75) is 18.1 Å². The van der Waals surface area contributed by atoms with Crippen molar-refractivity contribution in [2.24, 2.45) is 0 Å². The lowest BCUT2D eigenvalue weighted by atomic mass is 9.99. The first-order valence-corrected chi connectivity index (χ1v) is 14.2. The second-order valence-corrected chi connectivity index (χ2v) is 11.0. The van der Waals surface area contributed by atoms with Crippen LogP contribution in [0.3, 0.4) is 0 Å². The molecule has 0 aliphatic carbocycles. The van der Waals surface area contributed by atoms with Crippen LogP contribution in [0.25, 0.3) is 22.3 Å². The summed E-state index contributed by atoms with van der Waals surface area (Å²) in [4.78, 5) is 46.6. The van der Waals surface area contributed by atoms with Gasteiger partial charge >= 0.3 is 5.97 Å². The number of rotatable bonds is 11. The second kappa shape index (κ2) is 13.2. The zero-order valence-corrected chi connectivity index (χ0v) is 23.4. The molecule has 3 N–H and O–H groups in total. The molecule has 5 rings (SSSR count). The number of hydrogen-bond acceptors (Lipinski definition) is 6. The molecule has 1 fully saturated rings. The van der Waals surface area contributed by atoms with Crippen LogP contribution in [0.5, 0.6) is 5.75 Å². The predicted octanol–water partition coefficient (Wildman–Crippen LogP) is 5.35. The number of nitrogens with one attached hydrogen (secondary N) is 2. The molecule has 1 heterocycles. The summed E-state index contributed by atoms with van der Waals surface area (Å²) >= 11 is 1.03. The van der Waals surface area contributed by atoms with Crippen molar-refractivity contribution in [3.8, 4) is 28.0 Å². The van der Waals surface area contributed by atoms with Gasteiger partial charge < -0.3 is 15.2 Å². The quantitative estimate of drug-likeness (QED) is 0.219. The van der Waals surface area contributed by atoms with Gasteiger partial charge in [0.25, 0.3) is 11.1 Å². The lowest BCUT2D eigenvalue weighted by molar-refractivity contribution is -0.139. The number of aliphatic carboxylic acids is 1. The largest absolute Gasteiger partial charge is 0.482 e. The Bertz CT molecular complexity index is 1600. The van der Waals surface area contributed by atoms with E-state index >= 15 is 0 Å². The third-order valence-electron chi connectivity index (χ3n) is 6.80. The summed E-state index contributed by atoms with van der Waals surface area (Å²) in [5.41, 5.74) is 6.62. The normalized spacial score (nSPS) is 14.3. The van der Waals surface area contributed by atoms with Crippen molar-refractivity contribution in [3.63, 3.8) is 0 Å². The van der Waals surface area contributed by atoms with Gasteiger partial charge in [0.05, 0.1) is 5.25 Å².